The zero-order chi connectivity index (χ0) is 26.0. The van der Waals surface area contributed by atoms with Crippen molar-refractivity contribution in [2.45, 2.75) is 46.0 Å². The van der Waals surface area contributed by atoms with E-state index in [1.807, 2.05) is 45.0 Å². The molecule has 0 bridgehead atoms. The molecule has 0 radical (unpaired) electrons. The number of Topliss-reactive ketones (excluding diaryl/α,β-unsaturated/α-hetero) is 1. The van der Waals surface area contributed by atoms with E-state index in [1.54, 1.807) is 30.0 Å². The maximum absolute atomic E-state index is 14.0. The van der Waals surface area contributed by atoms with Crippen LogP contribution in [0, 0.1) is 12.3 Å². The van der Waals surface area contributed by atoms with Crippen molar-refractivity contribution in [1.82, 2.24) is 0 Å². The molecule has 1 atom stereocenters. The number of ketones is 1. The molecule has 1 spiro atoms. The number of hydrogen-bond acceptors (Lipinski definition) is 6. The highest BCUT2D eigenvalue weighted by atomic mass is 35.5. The van der Waals surface area contributed by atoms with Crippen LogP contribution in [0.2, 0.25) is 5.02 Å². The molecule has 1 unspecified atom stereocenters. The Kier molecular flexibility index (Phi) is 5.52. The number of benzene rings is 2. The maximum Gasteiger partial charge on any atom is 0.339 e. The molecular weight excluding hydrogens is 478 g/mol. The number of esters is 1. The van der Waals surface area contributed by atoms with Gasteiger partial charge in [-0.1, -0.05) is 43.1 Å². The molecule has 0 fully saturated rings. The van der Waals surface area contributed by atoms with Gasteiger partial charge < -0.3 is 15.8 Å². The van der Waals surface area contributed by atoms with Crippen LogP contribution in [0.15, 0.2) is 65.1 Å². The smallest absolute Gasteiger partial charge is 0.339 e. The summed E-state index contributed by atoms with van der Waals surface area (Å²) in [7, 11) is 0. The summed E-state index contributed by atoms with van der Waals surface area (Å²) in [6.45, 7) is 7.75. The minimum Gasteiger partial charge on any atom is -0.462 e. The van der Waals surface area contributed by atoms with Crippen LogP contribution in [0.5, 0.6) is 0 Å². The van der Waals surface area contributed by atoms with Crippen LogP contribution in [-0.2, 0) is 24.5 Å². The van der Waals surface area contributed by atoms with Crippen molar-refractivity contribution in [3.05, 3.63) is 81.3 Å². The predicted octanol–water partition coefficient (Wildman–Crippen LogP) is 4.74. The molecule has 2 aromatic carbocycles. The van der Waals surface area contributed by atoms with Gasteiger partial charge in [0.1, 0.15) is 16.8 Å². The van der Waals surface area contributed by atoms with Crippen molar-refractivity contribution in [2.24, 2.45) is 11.1 Å². The average Bonchev–Trinajstić information content (AvgIpc) is 3.05. The van der Waals surface area contributed by atoms with Gasteiger partial charge in [0, 0.05) is 39.7 Å². The lowest BCUT2D eigenvalue weighted by molar-refractivity contribution is -0.140. The molecule has 7 nitrogen and oxygen atoms in total. The van der Waals surface area contributed by atoms with E-state index in [-0.39, 0.29) is 41.2 Å². The Bertz CT molecular complexity index is 1390. The highest BCUT2D eigenvalue weighted by Crippen LogP contribution is 2.57. The quantitative estimate of drug-likeness (QED) is 0.584. The van der Waals surface area contributed by atoms with Crippen molar-refractivity contribution < 1.29 is 19.1 Å². The molecule has 1 amide bonds. The number of anilines is 2. The van der Waals surface area contributed by atoms with E-state index in [4.69, 9.17) is 22.1 Å². The summed E-state index contributed by atoms with van der Waals surface area (Å²) in [5, 5.41) is 3.24. The van der Waals surface area contributed by atoms with Crippen LogP contribution in [0.4, 0.5) is 11.4 Å². The first kappa shape index (κ1) is 24.1. The molecule has 2 aromatic rings. The third-order valence-corrected chi connectivity index (χ3v) is 7.35. The van der Waals surface area contributed by atoms with E-state index in [2.05, 4.69) is 5.32 Å². The van der Waals surface area contributed by atoms with Gasteiger partial charge in [0.2, 0.25) is 5.91 Å². The highest BCUT2D eigenvalue weighted by Gasteiger charge is 2.63. The Morgan fingerprint density at radius 3 is 2.50 bits per heavy atom. The van der Waals surface area contributed by atoms with Crippen LogP contribution in [0.3, 0.4) is 0 Å². The molecule has 0 saturated carbocycles. The number of allylic oxidation sites excluding steroid dienone is 1. The first-order valence-electron chi connectivity index (χ1n) is 11.9. The second-order valence-corrected chi connectivity index (χ2v) is 10.7. The molecule has 3 N–H and O–H groups in total. The number of nitrogens with two attached hydrogens (primary N) is 1. The van der Waals surface area contributed by atoms with Crippen LogP contribution < -0.4 is 16.0 Å². The number of fused-ring (bicyclic) bond motifs is 3. The molecule has 0 aromatic heterocycles. The molecule has 1 aliphatic carbocycles. The monoisotopic (exact) mass is 505 g/mol. The second kappa shape index (κ2) is 8.23. The normalized spacial score (nSPS) is 22.5. The van der Waals surface area contributed by atoms with Crippen molar-refractivity contribution >= 4 is 40.6 Å². The fourth-order valence-corrected chi connectivity index (χ4v) is 5.87. The van der Waals surface area contributed by atoms with Gasteiger partial charge in [-0.15, -0.1) is 0 Å². The summed E-state index contributed by atoms with van der Waals surface area (Å²) in [6, 6.07) is 12.6. The SMILES string of the molecule is CCOC(=O)C1=C(N)N(c2ccc(C)cc2)C2=C(C(=O)CC(C)(C)C2)C12C(=O)Nc1ccc(Cl)cc12. The van der Waals surface area contributed by atoms with Gasteiger partial charge in [-0.2, -0.15) is 0 Å². The standard InChI is InChI=1S/C28H28ClN3O4/c1-5-36-25(34)23-24(30)32(17-9-6-15(2)7-10-17)20-13-27(3,4)14-21(33)22(20)28(23)18-12-16(29)8-11-19(18)31-26(28)35/h6-12H,5,13-14,30H2,1-4H3,(H,31,35). The van der Waals surface area contributed by atoms with Crippen molar-refractivity contribution in [3.8, 4) is 0 Å². The number of nitrogens with one attached hydrogen (secondary N) is 1. The van der Waals surface area contributed by atoms with Gasteiger partial charge in [0.25, 0.3) is 0 Å². The number of nitrogens with zero attached hydrogens (tertiary/aromatic N) is 1. The molecule has 186 valence electrons. The number of rotatable bonds is 3. The summed E-state index contributed by atoms with van der Waals surface area (Å²) in [5.41, 5.74) is 8.11. The summed E-state index contributed by atoms with van der Waals surface area (Å²) in [5.74, 6) is -1.42. The number of amides is 1. The highest BCUT2D eigenvalue weighted by molar-refractivity contribution is 6.31. The molecule has 2 aliphatic heterocycles. The lowest BCUT2D eigenvalue weighted by atomic mass is 9.60. The molecule has 8 heteroatoms. The molecule has 0 saturated heterocycles. The van der Waals surface area contributed by atoms with Gasteiger partial charge in [0.15, 0.2) is 5.78 Å². The Morgan fingerprint density at radius 2 is 1.83 bits per heavy atom. The van der Waals surface area contributed by atoms with E-state index >= 15 is 0 Å². The van der Waals surface area contributed by atoms with Gasteiger partial charge >= 0.3 is 5.97 Å². The van der Waals surface area contributed by atoms with Gasteiger partial charge in [-0.05, 0) is 56.0 Å². The maximum atomic E-state index is 14.0. The number of aryl methyl sites for hydroxylation is 1. The summed E-state index contributed by atoms with van der Waals surface area (Å²) in [4.78, 5) is 43.3. The van der Waals surface area contributed by atoms with Crippen LogP contribution >= 0.6 is 11.6 Å². The van der Waals surface area contributed by atoms with Gasteiger partial charge in [-0.25, -0.2) is 4.79 Å². The lowest BCUT2D eigenvalue weighted by Gasteiger charge is -2.47. The fourth-order valence-electron chi connectivity index (χ4n) is 5.70. The van der Waals surface area contributed by atoms with Crippen LogP contribution in [-0.4, -0.2) is 24.3 Å². The molecule has 3 aliphatic rings. The van der Waals surface area contributed by atoms with E-state index in [1.165, 1.54) is 0 Å². The largest absolute Gasteiger partial charge is 0.462 e. The second-order valence-electron chi connectivity index (χ2n) is 10.3. The minimum absolute atomic E-state index is 0.0597. The third kappa shape index (κ3) is 3.37. The Labute approximate surface area is 214 Å². The Morgan fingerprint density at radius 1 is 1.14 bits per heavy atom. The molecule has 2 heterocycles. The van der Waals surface area contributed by atoms with Crippen molar-refractivity contribution in [2.75, 3.05) is 16.8 Å². The van der Waals surface area contributed by atoms with Crippen LogP contribution in [0.25, 0.3) is 0 Å². The Balaban J connectivity index is 1.92. The summed E-state index contributed by atoms with van der Waals surface area (Å²) < 4.78 is 5.44. The number of halogens is 1. The first-order valence-corrected chi connectivity index (χ1v) is 12.3. The number of ether oxygens (including phenoxy) is 1. The van der Waals surface area contributed by atoms with Gasteiger partial charge in [0.05, 0.1) is 6.61 Å². The van der Waals surface area contributed by atoms with Crippen molar-refractivity contribution in [3.63, 3.8) is 0 Å². The summed E-state index contributed by atoms with van der Waals surface area (Å²) >= 11 is 6.38. The molecule has 5 rings (SSSR count). The average molecular weight is 506 g/mol. The summed E-state index contributed by atoms with van der Waals surface area (Å²) in [6.07, 6.45) is 0.693. The van der Waals surface area contributed by atoms with Gasteiger partial charge in [-0.3, -0.25) is 14.5 Å². The predicted molar refractivity (Wildman–Crippen MR) is 138 cm³/mol. The fraction of sp³-hybridized carbons (Fsp3) is 0.321. The lowest BCUT2D eigenvalue weighted by Crippen LogP contribution is -2.54. The number of carbonyl (C=O) groups is 3. The minimum atomic E-state index is -1.76. The zero-order valence-electron chi connectivity index (χ0n) is 20.7. The molecule has 36 heavy (non-hydrogen) atoms. The molecular formula is C28H28ClN3O4. The third-order valence-electron chi connectivity index (χ3n) is 7.12. The first-order chi connectivity index (χ1) is 17.0. The van der Waals surface area contributed by atoms with Crippen molar-refractivity contribution in [1.29, 1.82) is 0 Å². The van der Waals surface area contributed by atoms with E-state index in [0.29, 0.717) is 34.1 Å². The number of carbonyl (C=O) groups excluding carboxylic acids is 3. The van der Waals surface area contributed by atoms with E-state index in [0.717, 1.165) is 5.56 Å². The van der Waals surface area contributed by atoms with E-state index in [9.17, 15) is 14.4 Å². The number of hydrogen-bond donors (Lipinski definition) is 2. The van der Waals surface area contributed by atoms with Crippen LogP contribution in [0.1, 0.15) is 44.7 Å². The Hall–Kier alpha value is -3.58. The topological polar surface area (TPSA) is 102 Å². The zero-order valence-corrected chi connectivity index (χ0v) is 21.5. The van der Waals surface area contributed by atoms with E-state index < -0.39 is 17.3 Å².